The van der Waals surface area contributed by atoms with Crippen LogP contribution in [-0.4, -0.2) is 17.5 Å². The third-order valence-corrected chi connectivity index (χ3v) is 3.55. The summed E-state index contributed by atoms with van der Waals surface area (Å²) in [5, 5.41) is 4.15. The number of ether oxygens (including phenoxy) is 1. The summed E-state index contributed by atoms with van der Waals surface area (Å²) < 4.78 is 6.66. The molecule has 3 aromatic heterocycles. The molecule has 0 spiro atoms. The van der Waals surface area contributed by atoms with Crippen molar-refractivity contribution in [3.63, 3.8) is 0 Å². The Morgan fingerprint density at radius 3 is 2.83 bits per heavy atom. The second-order valence-electron chi connectivity index (χ2n) is 3.98. The molecule has 3 rings (SSSR count). The number of hydrogen-bond donors (Lipinski definition) is 0. The van der Waals surface area contributed by atoms with Crippen molar-refractivity contribution < 1.29 is 9.53 Å². The minimum Gasteiger partial charge on any atom is -0.465 e. The van der Waals surface area contributed by atoms with E-state index in [9.17, 15) is 4.79 Å². The molecule has 0 fully saturated rings. The zero-order valence-corrected chi connectivity index (χ0v) is 10.6. The van der Waals surface area contributed by atoms with Crippen LogP contribution in [0.2, 0.25) is 0 Å². The van der Waals surface area contributed by atoms with Crippen molar-refractivity contribution in [1.29, 1.82) is 0 Å². The fourth-order valence-electron chi connectivity index (χ4n) is 1.94. The van der Waals surface area contributed by atoms with Crippen LogP contribution < -0.4 is 0 Å². The van der Waals surface area contributed by atoms with Crippen molar-refractivity contribution in [2.45, 2.75) is 0 Å². The van der Waals surface area contributed by atoms with Crippen LogP contribution in [0.4, 0.5) is 0 Å². The largest absolute Gasteiger partial charge is 0.465 e. The summed E-state index contributed by atoms with van der Waals surface area (Å²) in [5.74, 6) is -0.309. The monoisotopic (exact) mass is 257 g/mol. The molecule has 0 saturated carbocycles. The van der Waals surface area contributed by atoms with Gasteiger partial charge >= 0.3 is 5.97 Å². The summed E-state index contributed by atoms with van der Waals surface area (Å²) >= 11 is 1.67. The van der Waals surface area contributed by atoms with E-state index in [1.54, 1.807) is 17.5 Å². The number of esters is 1. The Morgan fingerprint density at radius 2 is 2.11 bits per heavy atom. The molecule has 0 amide bonds. The lowest BCUT2D eigenvalue weighted by Gasteiger charge is -1.99. The lowest BCUT2D eigenvalue weighted by Crippen LogP contribution is -1.98. The molecule has 0 atom stereocenters. The maximum atomic E-state index is 11.5. The number of methoxy groups -OCH3 is 1. The predicted molar refractivity (Wildman–Crippen MR) is 72.0 cm³/mol. The Labute approximate surface area is 108 Å². The number of pyridine rings is 1. The minimum absolute atomic E-state index is 0.309. The summed E-state index contributed by atoms with van der Waals surface area (Å²) in [6.07, 6.45) is 3.81. The molecule has 0 aliphatic carbocycles. The maximum Gasteiger partial charge on any atom is 0.339 e. The maximum absolute atomic E-state index is 11.5. The smallest absolute Gasteiger partial charge is 0.339 e. The third-order valence-electron chi connectivity index (χ3n) is 2.87. The van der Waals surface area contributed by atoms with Crippen LogP contribution in [0.3, 0.4) is 0 Å². The third kappa shape index (κ3) is 1.80. The van der Waals surface area contributed by atoms with E-state index in [0.29, 0.717) is 5.56 Å². The molecular formula is C14H11NO2S. The van der Waals surface area contributed by atoms with Crippen LogP contribution in [0.1, 0.15) is 10.4 Å². The molecule has 0 bridgehead atoms. The van der Waals surface area contributed by atoms with Crippen molar-refractivity contribution in [1.82, 2.24) is 4.40 Å². The van der Waals surface area contributed by atoms with E-state index in [1.165, 1.54) is 12.7 Å². The van der Waals surface area contributed by atoms with Crippen molar-refractivity contribution in [3.05, 3.63) is 53.0 Å². The van der Waals surface area contributed by atoms with Crippen molar-refractivity contribution in [2.75, 3.05) is 7.11 Å². The SMILES string of the molecule is COC(=O)c1cc2ccc(-c3ccsc3)cn2c1. The Balaban J connectivity index is 2.10. The average Bonchev–Trinajstić information content (AvgIpc) is 3.05. The Kier molecular flexibility index (Phi) is 2.64. The van der Waals surface area contributed by atoms with E-state index < -0.39 is 0 Å². The zero-order valence-electron chi connectivity index (χ0n) is 9.79. The van der Waals surface area contributed by atoms with Gasteiger partial charge in [0.05, 0.1) is 12.7 Å². The normalized spacial score (nSPS) is 10.7. The van der Waals surface area contributed by atoms with Crippen LogP contribution in [-0.2, 0) is 4.74 Å². The number of carbonyl (C=O) groups excluding carboxylic acids is 1. The number of thiophene rings is 1. The molecule has 3 aromatic rings. The number of nitrogens with zero attached hydrogens (tertiary/aromatic N) is 1. The summed E-state index contributed by atoms with van der Waals surface area (Å²) in [4.78, 5) is 11.5. The Morgan fingerprint density at radius 1 is 1.22 bits per heavy atom. The van der Waals surface area contributed by atoms with E-state index >= 15 is 0 Å². The van der Waals surface area contributed by atoms with Crippen LogP contribution in [0, 0.1) is 0 Å². The van der Waals surface area contributed by atoms with Gasteiger partial charge in [0.25, 0.3) is 0 Å². The fraction of sp³-hybridized carbons (Fsp3) is 0.0714. The first kappa shape index (κ1) is 11.0. The van der Waals surface area contributed by atoms with Crippen molar-refractivity contribution >= 4 is 22.8 Å². The van der Waals surface area contributed by atoms with Crippen LogP contribution in [0.5, 0.6) is 0 Å². The zero-order chi connectivity index (χ0) is 12.5. The van der Waals surface area contributed by atoms with Gasteiger partial charge in [-0.05, 0) is 40.1 Å². The Bertz CT molecular complexity index is 698. The number of fused-ring (bicyclic) bond motifs is 1. The van der Waals surface area contributed by atoms with Gasteiger partial charge in [0.1, 0.15) is 0 Å². The van der Waals surface area contributed by atoms with Gasteiger partial charge < -0.3 is 9.14 Å². The highest BCUT2D eigenvalue weighted by Gasteiger charge is 2.09. The van der Waals surface area contributed by atoms with Crippen LogP contribution in [0.25, 0.3) is 16.6 Å². The molecular weight excluding hydrogens is 246 g/mol. The van der Waals surface area contributed by atoms with Gasteiger partial charge in [-0.25, -0.2) is 4.79 Å². The highest BCUT2D eigenvalue weighted by Crippen LogP contribution is 2.23. The number of rotatable bonds is 2. The molecule has 18 heavy (non-hydrogen) atoms. The van der Waals surface area contributed by atoms with E-state index in [1.807, 2.05) is 22.7 Å². The minimum atomic E-state index is -0.309. The number of aromatic nitrogens is 1. The summed E-state index contributed by atoms with van der Waals surface area (Å²) in [7, 11) is 1.39. The lowest BCUT2D eigenvalue weighted by molar-refractivity contribution is 0.0601. The number of hydrogen-bond acceptors (Lipinski definition) is 3. The van der Waals surface area contributed by atoms with Gasteiger partial charge in [0.15, 0.2) is 0 Å². The highest BCUT2D eigenvalue weighted by atomic mass is 32.1. The molecule has 0 aromatic carbocycles. The van der Waals surface area contributed by atoms with Gasteiger partial charge in [-0.1, -0.05) is 6.07 Å². The fourth-order valence-corrected chi connectivity index (χ4v) is 2.60. The van der Waals surface area contributed by atoms with E-state index in [-0.39, 0.29) is 5.97 Å². The van der Waals surface area contributed by atoms with Gasteiger partial charge in [-0.2, -0.15) is 11.3 Å². The molecule has 0 radical (unpaired) electrons. The molecule has 3 nitrogen and oxygen atoms in total. The van der Waals surface area contributed by atoms with Crippen molar-refractivity contribution in [3.8, 4) is 11.1 Å². The lowest BCUT2D eigenvalue weighted by atomic mass is 10.1. The highest BCUT2D eigenvalue weighted by molar-refractivity contribution is 7.08. The van der Waals surface area contributed by atoms with Gasteiger partial charge in [0.2, 0.25) is 0 Å². The average molecular weight is 257 g/mol. The van der Waals surface area contributed by atoms with Crippen LogP contribution >= 0.6 is 11.3 Å². The molecule has 0 aliphatic heterocycles. The second-order valence-corrected chi connectivity index (χ2v) is 4.76. The quantitative estimate of drug-likeness (QED) is 0.658. The number of carbonyl (C=O) groups is 1. The second kappa shape index (κ2) is 4.31. The van der Waals surface area contributed by atoms with E-state index in [2.05, 4.69) is 22.9 Å². The summed E-state index contributed by atoms with van der Waals surface area (Å²) in [6.45, 7) is 0. The molecule has 0 unspecified atom stereocenters. The first-order valence-corrected chi connectivity index (χ1v) is 6.45. The molecule has 0 saturated heterocycles. The molecule has 4 heteroatoms. The van der Waals surface area contributed by atoms with Crippen LogP contribution in [0.15, 0.2) is 47.4 Å². The summed E-state index contributed by atoms with van der Waals surface area (Å²) in [6, 6.07) is 7.96. The first-order chi connectivity index (χ1) is 8.78. The van der Waals surface area contributed by atoms with E-state index in [0.717, 1.165) is 11.1 Å². The van der Waals surface area contributed by atoms with Gasteiger partial charge in [-0.3, -0.25) is 0 Å². The van der Waals surface area contributed by atoms with Gasteiger partial charge in [-0.15, -0.1) is 0 Å². The molecule has 0 aliphatic rings. The summed E-state index contributed by atoms with van der Waals surface area (Å²) in [5.41, 5.74) is 3.88. The van der Waals surface area contributed by atoms with Crippen molar-refractivity contribution in [2.24, 2.45) is 0 Å². The van der Waals surface area contributed by atoms with Gasteiger partial charge in [0, 0.05) is 17.9 Å². The molecule has 0 N–H and O–H groups in total. The Hall–Kier alpha value is -2.07. The topological polar surface area (TPSA) is 30.7 Å². The standard InChI is InChI=1S/C14H11NO2S/c1-17-14(16)12-6-13-3-2-10(7-15(13)8-12)11-4-5-18-9-11/h2-9H,1H3. The molecule has 90 valence electrons. The first-order valence-electron chi connectivity index (χ1n) is 5.50. The van der Waals surface area contributed by atoms with E-state index in [4.69, 9.17) is 4.74 Å². The molecule has 3 heterocycles. The predicted octanol–water partition coefficient (Wildman–Crippen LogP) is 3.45.